The summed E-state index contributed by atoms with van der Waals surface area (Å²) >= 11 is 0. The Morgan fingerprint density at radius 2 is 1.36 bits per heavy atom. The second kappa shape index (κ2) is 21.3. The summed E-state index contributed by atoms with van der Waals surface area (Å²) in [7, 11) is 1.64. The summed E-state index contributed by atoms with van der Waals surface area (Å²) in [6, 6.07) is 9.89. The Morgan fingerprint density at radius 1 is 0.769 bits per heavy atom. The first kappa shape index (κ1) is 32.7. The fourth-order valence-electron chi connectivity index (χ4n) is 4.90. The molecule has 1 heterocycles. The minimum absolute atomic E-state index is 0.0188. The lowest BCUT2D eigenvalue weighted by Crippen LogP contribution is -2.32. The van der Waals surface area contributed by atoms with Crippen molar-refractivity contribution < 1.29 is 18.8 Å². The van der Waals surface area contributed by atoms with Gasteiger partial charge in [-0.15, -0.1) is 0 Å². The standard InChI is InChI=1S/C34H54N2O3/c1-4-6-7-8-9-10-11-12-13-14-15-16-17-18-26-39-32-20-19-31(33(28-32)38-3)27-34(37)35-29-30-21-24-36(23-5-2)25-22-30/h19-22,24-25,28H,4-18,23,26-27,29H2,1-3H3/p+1. The number of hydrogen-bond donors (Lipinski definition) is 1. The zero-order valence-corrected chi connectivity index (χ0v) is 25.1. The summed E-state index contributed by atoms with van der Waals surface area (Å²) in [5.41, 5.74) is 1.96. The van der Waals surface area contributed by atoms with E-state index in [1.807, 2.05) is 18.2 Å². The molecule has 218 valence electrons. The minimum Gasteiger partial charge on any atom is -0.496 e. The molecule has 0 aliphatic carbocycles. The Kier molecular flexibility index (Phi) is 17.8. The number of amides is 1. The molecule has 2 aromatic rings. The highest BCUT2D eigenvalue weighted by molar-refractivity contribution is 5.79. The molecule has 5 heteroatoms. The molecule has 1 amide bonds. The van der Waals surface area contributed by atoms with E-state index in [-0.39, 0.29) is 12.3 Å². The summed E-state index contributed by atoms with van der Waals surface area (Å²) in [5, 5.41) is 3.01. The number of benzene rings is 1. The fraction of sp³-hybridized carbons (Fsp3) is 0.647. The minimum atomic E-state index is -0.0188. The van der Waals surface area contributed by atoms with E-state index in [0.717, 1.165) is 42.9 Å². The van der Waals surface area contributed by atoms with Crippen LogP contribution in [0.5, 0.6) is 11.5 Å². The van der Waals surface area contributed by atoms with Crippen molar-refractivity contribution in [3.05, 3.63) is 53.9 Å². The van der Waals surface area contributed by atoms with Crippen LogP contribution in [0.1, 0.15) is 121 Å². The number of aryl methyl sites for hydroxylation is 1. The molecule has 0 saturated heterocycles. The van der Waals surface area contributed by atoms with Gasteiger partial charge in [-0.1, -0.05) is 103 Å². The maximum absolute atomic E-state index is 12.5. The number of pyridine rings is 1. The van der Waals surface area contributed by atoms with E-state index >= 15 is 0 Å². The summed E-state index contributed by atoms with van der Waals surface area (Å²) in [6.07, 6.45) is 24.5. The van der Waals surface area contributed by atoms with E-state index in [1.54, 1.807) is 7.11 Å². The molecule has 0 bridgehead atoms. The quantitative estimate of drug-likeness (QED) is 0.115. The van der Waals surface area contributed by atoms with Gasteiger partial charge < -0.3 is 14.8 Å². The van der Waals surface area contributed by atoms with Gasteiger partial charge in [0.05, 0.1) is 20.1 Å². The third kappa shape index (κ3) is 15.0. The molecule has 0 spiro atoms. The predicted molar refractivity (Wildman–Crippen MR) is 161 cm³/mol. The average Bonchev–Trinajstić information content (AvgIpc) is 2.95. The molecule has 39 heavy (non-hydrogen) atoms. The van der Waals surface area contributed by atoms with Crippen LogP contribution in [-0.4, -0.2) is 19.6 Å². The Bertz CT molecular complexity index is 898. The predicted octanol–water partition coefficient (Wildman–Crippen LogP) is 8.11. The highest BCUT2D eigenvalue weighted by atomic mass is 16.5. The summed E-state index contributed by atoms with van der Waals surface area (Å²) in [6.45, 7) is 6.69. The van der Waals surface area contributed by atoms with Gasteiger partial charge in [0.1, 0.15) is 18.0 Å². The van der Waals surface area contributed by atoms with E-state index in [2.05, 4.69) is 48.3 Å². The van der Waals surface area contributed by atoms with Crippen molar-refractivity contribution in [3.8, 4) is 11.5 Å². The SMILES string of the molecule is CCCCCCCCCCCCCCCCOc1ccc(CC(=O)NCc2cc[n+](CCC)cc2)c(OC)c1. The number of ether oxygens (including phenoxy) is 2. The number of methoxy groups -OCH3 is 1. The lowest BCUT2D eigenvalue weighted by atomic mass is 10.0. The van der Waals surface area contributed by atoms with E-state index < -0.39 is 0 Å². The Labute approximate surface area is 238 Å². The van der Waals surface area contributed by atoms with Crippen molar-refractivity contribution in [3.63, 3.8) is 0 Å². The first-order chi connectivity index (χ1) is 19.2. The fourth-order valence-corrected chi connectivity index (χ4v) is 4.90. The topological polar surface area (TPSA) is 51.4 Å². The first-order valence-corrected chi connectivity index (χ1v) is 15.7. The average molecular weight is 540 g/mol. The molecule has 1 aromatic heterocycles. The first-order valence-electron chi connectivity index (χ1n) is 15.7. The van der Waals surface area contributed by atoms with E-state index in [9.17, 15) is 4.79 Å². The van der Waals surface area contributed by atoms with E-state index in [0.29, 0.717) is 12.3 Å². The lowest BCUT2D eigenvalue weighted by Gasteiger charge is -2.12. The van der Waals surface area contributed by atoms with Crippen molar-refractivity contribution in [2.45, 2.75) is 130 Å². The molecule has 0 aliphatic heterocycles. The number of hydrogen-bond acceptors (Lipinski definition) is 3. The van der Waals surface area contributed by atoms with E-state index in [1.165, 1.54) is 83.5 Å². The molecule has 0 radical (unpaired) electrons. The van der Waals surface area contributed by atoms with Gasteiger partial charge in [0.25, 0.3) is 0 Å². The van der Waals surface area contributed by atoms with Crippen molar-refractivity contribution >= 4 is 5.91 Å². The summed E-state index contributed by atoms with van der Waals surface area (Å²) in [4.78, 5) is 12.5. The van der Waals surface area contributed by atoms with Gasteiger partial charge in [-0.3, -0.25) is 4.79 Å². The van der Waals surface area contributed by atoms with Gasteiger partial charge in [-0.2, -0.15) is 0 Å². The van der Waals surface area contributed by atoms with Crippen molar-refractivity contribution in [2.75, 3.05) is 13.7 Å². The monoisotopic (exact) mass is 539 g/mol. The normalized spacial score (nSPS) is 10.9. The van der Waals surface area contributed by atoms with Crippen molar-refractivity contribution in [1.29, 1.82) is 0 Å². The van der Waals surface area contributed by atoms with Crippen LogP contribution < -0.4 is 19.4 Å². The van der Waals surface area contributed by atoms with Gasteiger partial charge in [0, 0.05) is 36.7 Å². The molecule has 0 aliphatic rings. The second-order valence-electron chi connectivity index (χ2n) is 10.8. The number of unbranched alkanes of at least 4 members (excludes halogenated alkanes) is 13. The number of rotatable bonds is 23. The second-order valence-corrected chi connectivity index (χ2v) is 10.8. The molecule has 0 saturated carbocycles. The highest BCUT2D eigenvalue weighted by Gasteiger charge is 2.11. The Hall–Kier alpha value is -2.56. The smallest absolute Gasteiger partial charge is 0.224 e. The molecule has 0 atom stereocenters. The van der Waals surface area contributed by atoms with Crippen LogP contribution in [0.3, 0.4) is 0 Å². The zero-order valence-electron chi connectivity index (χ0n) is 25.1. The van der Waals surface area contributed by atoms with Gasteiger partial charge in [-0.25, -0.2) is 4.57 Å². The van der Waals surface area contributed by atoms with Crippen molar-refractivity contribution in [2.24, 2.45) is 0 Å². The highest BCUT2D eigenvalue weighted by Crippen LogP contribution is 2.25. The zero-order chi connectivity index (χ0) is 28.0. The lowest BCUT2D eigenvalue weighted by molar-refractivity contribution is -0.697. The molecule has 1 aromatic carbocycles. The van der Waals surface area contributed by atoms with E-state index in [4.69, 9.17) is 9.47 Å². The summed E-state index contributed by atoms with van der Waals surface area (Å²) in [5.74, 6) is 1.48. The van der Waals surface area contributed by atoms with Crippen LogP contribution in [0, 0.1) is 0 Å². The number of aromatic nitrogens is 1. The maximum atomic E-state index is 12.5. The number of carbonyl (C=O) groups is 1. The maximum Gasteiger partial charge on any atom is 0.224 e. The molecular formula is C34H55N2O3+. The van der Waals surface area contributed by atoms with Crippen LogP contribution in [0.2, 0.25) is 0 Å². The summed E-state index contributed by atoms with van der Waals surface area (Å²) < 4.78 is 13.7. The van der Waals surface area contributed by atoms with Crippen LogP contribution >= 0.6 is 0 Å². The van der Waals surface area contributed by atoms with Crippen LogP contribution in [0.15, 0.2) is 42.7 Å². The molecule has 5 nitrogen and oxygen atoms in total. The van der Waals surface area contributed by atoms with Gasteiger partial charge >= 0.3 is 0 Å². The number of nitrogens with one attached hydrogen (secondary N) is 1. The van der Waals surface area contributed by atoms with Gasteiger partial charge in [0.15, 0.2) is 12.4 Å². The molecule has 0 unspecified atom stereocenters. The van der Waals surface area contributed by atoms with Crippen molar-refractivity contribution in [1.82, 2.24) is 5.32 Å². The van der Waals surface area contributed by atoms with Gasteiger partial charge in [-0.05, 0) is 18.1 Å². The number of nitrogens with zero attached hydrogens (tertiary/aromatic N) is 1. The largest absolute Gasteiger partial charge is 0.496 e. The third-order valence-electron chi connectivity index (χ3n) is 7.31. The van der Waals surface area contributed by atoms with Crippen LogP contribution in [0.25, 0.3) is 0 Å². The molecule has 2 rings (SSSR count). The third-order valence-corrected chi connectivity index (χ3v) is 7.31. The molecule has 0 fully saturated rings. The molecular weight excluding hydrogens is 484 g/mol. The molecule has 1 N–H and O–H groups in total. The number of carbonyl (C=O) groups excluding carboxylic acids is 1. The Balaban J connectivity index is 1.55. The van der Waals surface area contributed by atoms with Gasteiger partial charge in [0.2, 0.25) is 5.91 Å². The van der Waals surface area contributed by atoms with Crippen LogP contribution in [0.4, 0.5) is 0 Å². The van der Waals surface area contributed by atoms with Crippen LogP contribution in [-0.2, 0) is 24.3 Å². The Morgan fingerprint density at radius 3 is 1.92 bits per heavy atom.